The van der Waals surface area contributed by atoms with Crippen LogP contribution in [0.1, 0.15) is 39.0 Å². The molecule has 0 radical (unpaired) electrons. The van der Waals surface area contributed by atoms with Crippen molar-refractivity contribution in [3.63, 3.8) is 0 Å². The molecular formula is C13H24N2. The van der Waals surface area contributed by atoms with Gasteiger partial charge in [0, 0.05) is 19.0 Å². The lowest BCUT2D eigenvalue weighted by Crippen LogP contribution is -2.38. The van der Waals surface area contributed by atoms with Crippen molar-refractivity contribution in [2.24, 2.45) is 0 Å². The summed E-state index contributed by atoms with van der Waals surface area (Å²) in [5, 5.41) is 3.37. The minimum absolute atomic E-state index is 0.796. The summed E-state index contributed by atoms with van der Waals surface area (Å²) in [6, 6.07) is 0.796. The molecule has 1 saturated heterocycles. The smallest absolute Gasteiger partial charge is 0.0211 e. The van der Waals surface area contributed by atoms with E-state index in [9.17, 15) is 0 Å². The number of nitrogens with zero attached hydrogens (tertiary/aromatic N) is 1. The van der Waals surface area contributed by atoms with E-state index in [1.165, 1.54) is 38.8 Å². The van der Waals surface area contributed by atoms with Crippen molar-refractivity contribution >= 4 is 0 Å². The van der Waals surface area contributed by atoms with Gasteiger partial charge in [-0.3, -0.25) is 0 Å². The molecule has 1 aliphatic rings. The Bertz CT molecular complexity index is 195. The Morgan fingerprint density at radius 3 is 3.00 bits per heavy atom. The van der Waals surface area contributed by atoms with E-state index in [0.717, 1.165) is 25.6 Å². The number of piperidine rings is 1. The van der Waals surface area contributed by atoms with E-state index in [0.29, 0.717) is 0 Å². The predicted octanol–water partition coefficient (Wildman–Crippen LogP) is 1.86. The summed E-state index contributed by atoms with van der Waals surface area (Å²) in [6.07, 6.45) is 11.5. The largest absolute Gasteiger partial charge is 0.316 e. The van der Waals surface area contributed by atoms with Gasteiger partial charge in [0.1, 0.15) is 0 Å². The van der Waals surface area contributed by atoms with Crippen LogP contribution in [-0.4, -0.2) is 37.1 Å². The van der Waals surface area contributed by atoms with Crippen LogP contribution >= 0.6 is 0 Å². The third-order valence-corrected chi connectivity index (χ3v) is 3.19. The molecule has 0 bridgehead atoms. The van der Waals surface area contributed by atoms with Gasteiger partial charge in [-0.2, -0.15) is 0 Å². The van der Waals surface area contributed by atoms with Crippen molar-refractivity contribution in [1.82, 2.24) is 10.2 Å². The first-order valence-corrected chi connectivity index (χ1v) is 6.23. The summed E-state index contributed by atoms with van der Waals surface area (Å²) >= 11 is 0. The molecular weight excluding hydrogens is 184 g/mol. The third-order valence-electron chi connectivity index (χ3n) is 3.19. The highest BCUT2D eigenvalue weighted by Crippen LogP contribution is 2.15. The van der Waals surface area contributed by atoms with Crippen molar-refractivity contribution in [3.05, 3.63) is 0 Å². The second kappa shape index (κ2) is 7.73. The van der Waals surface area contributed by atoms with Gasteiger partial charge in [-0.1, -0.05) is 6.42 Å². The molecule has 1 rings (SSSR count). The Kier molecular flexibility index (Phi) is 6.47. The number of hydrogen-bond donors (Lipinski definition) is 1. The van der Waals surface area contributed by atoms with Gasteiger partial charge in [0.05, 0.1) is 0 Å². The lowest BCUT2D eigenvalue weighted by Gasteiger charge is -2.33. The van der Waals surface area contributed by atoms with Crippen LogP contribution < -0.4 is 5.32 Å². The van der Waals surface area contributed by atoms with E-state index >= 15 is 0 Å². The molecule has 1 fully saturated rings. The molecule has 86 valence electrons. The highest BCUT2D eigenvalue weighted by atomic mass is 15.2. The lowest BCUT2D eigenvalue weighted by atomic mass is 10.0. The molecule has 0 aromatic heterocycles. The van der Waals surface area contributed by atoms with E-state index in [-0.39, 0.29) is 0 Å². The Balaban J connectivity index is 1.97. The predicted molar refractivity (Wildman–Crippen MR) is 65.8 cm³/mol. The minimum atomic E-state index is 0.796. The molecule has 1 atom stereocenters. The SMILES string of the molecule is C#CCCNCCCN1CCCCC1C. The second-order valence-electron chi connectivity index (χ2n) is 4.44. The molecule has 1 aliphatic heterocycles. The van der Waals surface area contributed by atoms with Crippen LogP contribution in [0.15, 0.2) is 0 Å². The highest BCUT2D eigenvalue weighted by molar-refractivity contribution is 4.84. The molecule has 0 aliphatic carbocycles. The Hall–Kier alpha value is -0.520. The van der Waals surface area contributed by atoms with Gasteiger partial charge in [0.15, 0.2) is 0 Å². The van der Waals surface area contributed by atoms with E-state index in [4.69, 9.17) is 6.42 Å². The summed E-state index contributed by atoms with van der Waals surface area (Å²) in [6.45, 7) is 6.96. The maximum atomic E-state index is 5.18. The van der Waals surface area contributed by atoms with Crippen molar-refractivity contribution in [3.8, 4) is 12.3 Å². The third kappa shape index (κ3) is 5.20. The Morgan fingerprint density at radius 2 is 2.27 bits per heavy atom. The zero-order chi connectivity index (χ0) is 10.9. The van der Waals surface area contributed by atoms with E-state index in [2.05, 4.69) is 23.1 Å². The van der Waals surface area contributed by atoms with Gasteiger partial charge in [-0.25, -0.2) is 0 Å². The van der Waals surface area contributed by atoms with E-state index < -0.39 is 0 Å². The number of likely N-dealkylation sites (tertiary alicyclic amines) is 1. The van der Waals surface area contributed by atoms with Gasteiger partial charge in [-0.05, 0) is 45.8 Å². The van der Waals surface area contributed by atoms with Crippen molar-refractivity contribution in [1.29, 1.82) is 0 Å². The molecule has 0 saturated carbocycles. The van der Waals surface area contributed by atoms with Gasteiger partial charge in [-0.15, -0.1) is 12.3 Å². The fourth-order valence-corrected chi connectivity index (χ4v) is 2.18. The Morgan fingerprint density at radius 1 is 1.40 bits per heavy atom. The summed E-state index contributed by atoms with van der Waals surface area (Å²) < 4.78 is 0. The first-order valence-electron chi connectivity index (χ1n) is 6.23. The normalized spacial score (nSPS) is 22.5. The maximum Gasteiger partial charge on any atom is 0.0211 e. The molecule has 15 heavy (non-hydrogen) atoms. The van der Waals surface area contributed by atoms with E-state index in [1.54, 1.807) is 0 Å². The molecule has 0 aromatic carbocycles. The summed E-state index contributed by atoms with van der Waals surface area (Å²) in [5.74, 6) is 2.64. The average Bonchev–Trinajstić information content (AvgIpc) is 2.25. The maximum absolute atomic E-state index is 5.18. The van der Waals surface area contributed by atoms with Crippen LogP contribution in [0, 0.1) is 12.3 Å². The minimum Gasteiger partial charge on any atom is -0.316 e. The lowest BCUT2D eigenvalue weighted by molar-refractivity contribution is 0.159. The summed E-state index contributed by atoms with van der Waals surface area (Å²) in [5.41, 5.74) is 0. The van der Waals surface area contributed by atoms with Crippen molar-refractivity contribution in [2.75, 3.05) is 26.2 Å². The van der Waals surface area contributed by atoms with Gasteiger partial charge in [0.25, 0.3) is 0 Å². The zero-order valence-electron chi connectivity index (χ0n) is 9.97. The highest BCUT2D eigenvalue weighted by Gasteiger charge is 2.16. The zero-order valence-corrected chi connectivity index (χ0v) is 9.97. The monoisotopic (exact) mass is 208 g/mol. The van der Waals surface area contributed by atoms with Gasteiger partial charge in [0.2, 0.25) is 0 Å². The molecule has 0 aromatic rings. The van der Waals surface area contributed by atoms with Crippen LogP contribution in [0.3, 0.4) is 0 Å². The van der Waals surface area contributed by atoms with Crippen LogP contribution in [0.5, 0.6) is 0 Å². The average molecular weight is 208 g/mol. The molecule has 2 nitrogen and oxygen atoms in total. The number of terminal acetylenes is 1. The summed E-state index contributed by atoms with van der Waals surface area (Å²) in [7, 11) is 0. The van der Waals surface area contributed by atoms with E-state index in [1.807, 2.05) is 0 Å². The number of nitrogens with one attached hydrogen (secondary N) is 1. The van der Waals surface area contributed by atoms with Gasteiger partial charge < -0.3 is 10.2 Å². The quantitative estimate of drug-likeness (QED) is 0.529. The fourth-order valence-electron chi connectivity index (χ4n) is 2.18. The fraction of sp³-hybridized carbons (Fsp3) is 0.846. The first kappa shape index (κ1) is 12.5. The molecule has 0 spiro atoms. The molecule has 0 amide bonds. The van der Waals surface area contributed by atoms with Crippen LogP contribution in [0.2, 0.25) is 0 Å². The van der Waals surface area contributed by atoms with Crippen molar-refractivity contribution in [2.45, 2.75) is 45.1 Å². The Labute approximate surface area is 94.4 Å². The molecule has 1 N–H and O–H groups in total. The second-order valence-corrected chi connectivity index (χ2v) is 4.44. The topological polar surface area (TPSA) is 15.3 Å². The molecule has 1 unspecified atom stereocenters. The van der Waals surface area contributed by atoms with Gasteiger partial charge >= 0.3 is 0 Å². The standard InChI is InChI=1S/C13H24N2/c1-3-4-9-14-10-7-12-15-11-6-5-8-13(15)2/h1,13-14H,4-12H2,2H3. The first-order chi connectivity index (χ1) is 7.34. The number of rotatable bonds is 6. The van der Waals surface area contributed by atoms with Crippen molar-refractivity contribution < 1.29 is 0 Å². The number of hydrogen-bond acceptors (Lipinski definition) is 2. The summed E-state index contributed by atoms with van der Waals surface area (Å²) in [4.78, 5) is 2.62. The van der Waals surface area contributed by atoms with Crippen LogP contribution in [-0.2, 0) is 0 Å². The molecule has 1 heterocycles. The van der Waals surface area contributed by atoms with Crippen LogP contribution in [0.4, 0.5) is 0 Å². The van der Waals surface area contributed by atoms with Crippen LogP contribution in [0.25, 0.3) is 0 Å². The molecule has 2 heteroatoms.